The number of thiophene rings is 1. The zero-order chi connectivity index (χ0) is 14.7. The van der Waals surface area contributed by atoms with Gasteiger partial charge in [0.05, 0.1) is 11.1 Å². The van der Waals surface area contributed by atoms with Crippen molar-refractivity contribution in [1.29, 1.82) is 10.5 Å². The van der Waals surface area contributed by atoms with Crippen LogP contribution in [-0.4, -0.2) is 9.97 Å². The number of nitrogens with zero attached hydrogens (tertiary/aromatic N) is 4. The molecule has 0 N–H and O–H groups in total. The third-order valence-electron chi connectivity index (χ3n) is 2.90. The molecule has 0 amide bonds. The minimum absolute atomic E-state index is 0.0566. The summed E-state index contributed by atoms with van der Waals surface area (Å²) in [6.07, 6.45) is 1.53. The fourth-order valence-corrected chi connectivity index (χ4v) is 2.87. The summed E-state index contributed by atoms with van der Waals surface area (Å²) in [4.78, 5) is 10.2. The highest BCUT2D eigenvalue weighted by molar-refractivity contribution is 7.18. The molecule has 3 rings (SSSR count). The van der Waals surface area contributed by atoms with Crippen molar-refractivity contribution in [3.8, 4) is 33.2 Å². The Morgan fingerprint density at radius 2 is 1.57 bits per heavy atom. The molecule has 98 valence electrons. The molecule has 0 radical (unpaired) electrons. The maximum Gasteiger partial charge on any atom is 0.177 e. The molecule has 1 aromatic carbocycles. The van der Waals surface area contributed by atoms with Crippen molar-refractivity contribution in [1.82, 2.24) is 9.97 Å². The molecule has 0 bridgehead atoms. The lowest BCUT2D eigenvalue weighted by Gasteiger charge is -1.98. The van der Waals surface area contributed by atoms with Crippen molar-refractivity contribution in [3.63, 3.8) is 0 Å². The van der Waals surface area contributed by atoms with Gasteiger partial charge in [0.1, 0.15) is 17.8 Å². The highest BCUT2D eigenvalue weighted by Gasteiger charge is 2.10. The first-order chi connectivity index (χ1) is 10.3. The van der Waals surface area contributed by atoms with E-state index >= 15 is 0 Å². The molecule has 0 aliphatic rings. The molecular weight excluding hydrogens is 280 g/mol. The number of rotatable bonds is 2. The summed E-state index contributed by atoms with van der Waals surface area (Å²) in [7, 11) is 0. The lowest BCUT2D eigenvalue weighted by atomic mass is 10.2. The fourth-order valence-electron chi connectivity index (χ4n) is 1.90. The smallest absolute Gasteiger partial charge is 0.177 e. The van der Waals surface area contributed by atoms with Gasteiger partial charge in [-0.1, -0.05) is 30.3 Å². The van der Waals surface area contributed by atoms with Gasteiger partial charge >= 0.3 is 0 Å². The first-order valence-electron chi connectivity index (χ1n) is 6.14. The van der Waals surface area contributed by atoms with Gasteiger partial charge in [-0.25, -0.2) is 9.97 Å². The Bertz CT molecular complexity index is 869. The molecule has 0 spiro atoms. The first-order valence-corrected chi connectivity index (χ1v) is 6.96. The summed E-state index contributed by atoms with van der Waals surface area (Å²) in [6, 6.07) is 17.8. The van der Waals surface area contributed by atoms with Gasteiger partial charge in [0.25, 0.3) is 0 Å². The topological polar surface area (TPSA) is 73.4 Å². The quantitative estimate of drug-likeness (QED) is 0.722. The molecule has 0 unspecified atom stereocenters. The van der Waals surface area contributed by atoms with E-state index in [2.05, 4.69) is 9.97 Å². The van der Waals surface area contributed by atoms with Crippen LogP contribution >= 0.6 is 11.3 Å². The second-order valence-electron chi connectivity index (χ2n) is 4.21. The Balaban J connectivity index is 2.02. The van der Waals surface area contributed by atoms with Crippen LogP contribution in [0.25, 0.3) is 21.0 Å². The van der Waals surface area contributed by atoms with E-state index in [0.717, 1.165) is 15.3 Å². The van der Waals surface area contributed by atoms with Crippen LogP contribution in [0.15, 0.2) is 48.7 Å². The van der Waals surface area contributed by atoms with Crippen molar-refractivity contribution in [3.05, 3.63) is 60.0 Å². The standard InChI is InChI=1S/C16H8N4S/c17-8-12-13(9-18)20-14(10-19-12)16-7-6-15(21-16)11-4-2-1-3-5-11/h1-7,10H. The van der Waals surface area contributed by atoms with Crippen LogP contribution in [0.4, 0.5) is 0 Å². The predicted molar refractivity (Wildman–Crippen MR) is 80.2 cm³/mol. The number of aromatic nitrogens is 2. The Labute approximate surface area is 125 Å². The average Bonchev–Trinajstić information content (AvgIpc) is 3.05. The zero-order valence-electron chi connectivity index (χ0n) is 10.8. The predicted octanol–water partition coefficient (Wildman–Crippen LogP) is 3.62. The molecule has 0 saturated heterocycles. The highest BCUT2D eigenvalue weighted by atomic mass is 32.1. The van der Waals surface area contributed by atoms with Crippen molar-refractivity contribution >= 4 is 11.3 Å². The SMILES string of the molecule is N#Cc1ncc(-c2ccc(-c3ccccc3)s2)nc1C#N. The Hall–Kier alpha value is -3.02. The van der Waals surface area contributed by atoms with Crippen LogP contribution in [0, 0.1) is 22.7 Å². The molecule has 2 heterocycles. The van der Waals surface area contributed by atoms with E-state index in [9.17, 15) is 0 Å². The van der Waals surface area contributed by atoms with Gasteiger partial charge < -0.3 is 0 Å². The molecule has 2 aromatic heterocycles. The summed E-state index contributed by atoms with van der Waals surface area (Å²) >= 11 is 1.58. The molecule has 3 aromatic rings. The number of hydrogen-bond acceptors (Lipinski definition) is 5. The normalized spacial score (nSPS) is 9.81. The highest BCUT2D eigenvalue weighted by Crippen LogP contribution is 2.33. The molecule has 4 nitrogen and oxygen atoms in total. The van der Waals surface area contributed by atoms with E-state index in [0.29, 0.717) is 5.69 Å². The molecule has 0 aliphatic heterocycles. The second kappa shape index (κ2) is 5.54. The van der Waals surface area contributed by atoms with Crippen molar-refractivity contribution in [2.24, 2.45) is 0 Å². The second-order valence-corrected chi connectivity index (χ2v) is 5.29. The third-order valence-corrected chi connectivity index (χ3v) is 4.06. The third kappa shape index (κ3) is 2.51. The van der Waals surface area contributed by atoms with Crippen LogP contribution in [0.3, 0.4) is 0 Å². The average molecular weight is 288 g/mol. The van der Waals surface area contributed by atoms with Gasteiger partial charge in [-0.2, -0.15) is 10.5 Å². The van der Waals surface area contributed by atoms with Crippen LogP contribution in [0.2, 0.25) is 0 Å². The Morgan fingerprint density at radius 1 is 0.857 bits per heavy atom. The monoisotopic (exact) mass is 288 g/mol. The van der Waals surface area contributed by atoms with Crippen molar-refractivity contribution in [2.45, 2.75) is 0 Å². The van der Waals surface area contributed by atoms with Crippen molar-refractivity contribution < 1.29 is 0 Å². The summed E-state index contributed by atoms with van der Waals surface area (Å²) in [5.74, 6) is 0. The molecule has 0 saturated carbocycles. The van der Waals surface area contributed by atoms with Gasteiger partial charge in [-0.3, -0.25) is 0 Å². The summed E-state index contributed by atoms with van der Waals surface area (Å²) in [5, 5.41) is 17.9. The van der Waals surface area contributed by atoms with Gasteiger partial charge in [-0.05, 0) is 17.7 Å². The lowest BCUT2D eigenvalue weighted by molar-refractivity contribution is 1.14. The number of nitriles is 2. The largest absolute Gasteiger partial charge is 0.240 e. The zero-order valence-corrected chi connectivity index (χ0v) is 11.6. The van der Waals surface area contributed by atoms with E-state index < -0.39 is 0 Å². The lowest BCUT2D eigenvalue weighted by Crippen LogP contribution is -1.94. The summed E-state index contributed by atoms with van der Waals surface area (Å²) in [5.41, 5.74) is 1.86. The molecule has 5 heteroatoms. The van der Waals surface area contributed by atoms with Gasteiger partial charge in [0.15, 0.2) is 11.4 Å². The maximum absolute atomic E-state index is 9.00. The van der Waals surface area contributed by atoms with Crippen LogP contribution < -0.4 is 0 Å². The van der Waals surface area contributed by atoms with E-state index in [1.807, 2.05) is 54.6 Å². The molecule has 0 aliphatic carbocycles. The molecule has 0 atom stereocenters. The van der Waals surface area contributed by atoms with E-state index in [1.165, 1.54) is 6.20 Å². The van der Waals surface area contributed by atoms with Gasteiger partial charge in [-0.15, -0.1) is 11.3 Å². The van der Waals surface area contributed by atoms with E-state index in [4.69, 9.17) is 10.5 Å². The van der Waals surface area contributed by atoms with E-state index in [-0.39, 0.29) is 11.4 Å². The molecule has 0 fully saturated rings. The van der Waals surface area contributed by atoms with Gasteiger partial charge in [0, 0.05) is 4.88 Å². The van der Waals surface area contributed by atoms with Crippen LogP contribution in [-0.2, 0) is 0 Å². The van der Waals surface area contributed by atoms with Gasteiger partial charge in [0.2, 0.25) is 0 Å². The Kier molecular flexibility index (Phi) is 3.42. The fraction of sp³-hybridized carbons (Fsp3) is 0. The Morgan fingerprint density at radius 3 is 2.29 bits per heavy atom. The van der Waals surface area contributed by atoms with Crippen LogP contribution in [0.5, 0.6) is 0 Å². The molecular formula is C16H8N4S. The minimum Gasteiger partial charge on any atom is -0.240 e. The van der Waals surface area contributed by atoms with Crippen molar-refractivity contribution in [2.75, 3.05) is 0 Å². The minimum atomic E-state index is 0.0566. The first kappa shape index (κ1) is 13.0. The number of benzene rings is 1. The molecule has 21 heavy (non-hydrogen) atoms. The summed E-state index contributed by atoms with van der Waals surface area (Å²) in [6.45, 7) is 0. The maximum atomic E-state index is 9.00. The summed E-state index contributed by atoms with van der Waals surface area (Å²) < 4.78 is 0. The number of hydrogen-bond donors (Lipinski definition) is 0. The van der Waals surface area contributed by atoms with E-state index in [1.54, 1.807) is 11.3 Å². The van der Waals surface area contributed by atoms with Crippen LogP contribution in [0.1, 0.15) is 11.4 Å².